The molecule has 0 unspecified atom stereocenters. The standard InChI is InChI=1S/C19H23N3O3/c1-13-16(17(25-21-13)14-8-9-14)20-18(23)22-10-11-24-19(2,12-22)15-6-4-3-5-7-15/h3-7,14H,8-12H2,1-2H3,(H,20,23)/t19-/m1/s1. The largest absolute Gasteiger partial charge is 0.367 e. The van der Waals surface area contributed by atoms with Gasteiger partial charge in [0.2, 0.25) is 0 Å². The lowest BCUT2D eigenvalue weighted by atomic mass is 9.94. The number of carbonyl (C=O) groups excluding carboxylic acids is 1. The summed E-state index contributed by atoms with van der Waals surface area (Å²) in [5.41, 5.74) is 2.04. The van der Waals surface area contributed by atoms with Gasteiger partial charge in [-0.05, 0) is 32.3 Å². The van der Waals surface area contributed by atoms with Crippen molar-refractivity contribution in [1.82, 2.24) is 10.1 Å². The second-order valence-electron chi connectivity index (χ2n) is 7.08. The zero-order valence-electron chi connectivity index (χ0n) is 14.6. The van der Waals surface area contributed by atoms with Crippen LogP contribution >= 0.6 is 0 Å². The molecule has 2 aliphatic rings. The van der Waals surface area contributed by atoms with Crippen LogP contribution in [0.15, 0.2) is 34.9 Å². The van der Waals surface area contributed by atoms with Crippen LogP contribution in [0.5, 0.6) is 0 Å². The highest BCUT2D eigenvalue weighted by Gasteiger charge is 2.37. The number of urea groups is 1. The van der Waals surface area contributed by atoms with Crippen LogP contribution in [-0.4, -0.2) is 35.8 Å². The van der Waals surface area contributed by atoms with Gasteiger partial charge in [-0.3, -0.25) is 0 Å². The van der Waals surface area contributed by atoms with Gasteiger partial charge in [0.25, 0.3) is 0 Å². The van der Waals surface area contributed by atoms with Gasteiger partial charge in [-0.25, -0.2) is 4.79 Å². The minimum absolute atomic E-state index is 0.126. The van der Waals surface area contributed by atoms with Crippen LogP contribution in [0.3, 0.4) is 0 Å². The van der Waals surface area contributed by atoms with Gasteiger partial charge < -0.3 is 19.5 Å². The molecule has 25 heavy (non-hydrogen) atoms. The minimum Gasteiger partial charge on any atom is -0.367 e. The Morgan fingerprint density at radius 2 is 2.08 bits per heavy atom. The van der Waals surface area contributed by atoms with Crippen molar-refractivity contribution in [3.8, 4) is 0 Å². The van der Waals surface area contributed by atoms with E-state index in [0.717, 1.165) is 35.5 Å². The molecule has 2 amide bonds. The number of carbonyl (C=O) groups is 1. The number of amides is 2. The Kier molecular flexibility index (Phi) is 4.00. The normalized spacial score (nSPS) is 23.5. The summed E-state index contributed by atoms with van der Waals surface area (Å²) >= 11 is 0. The molecular formula is C19H23N3O3. The first-order chi connectivity index (χ1) is 12.1. The van der Waals surface area contributed by atoms with E-state index < -0.39 is 5.60 Å². The van der Waals surface area contributed by atoms with Crippen molar-refractivity contribution in [2.24, 2.45) is 0 Å². The maximum Gasteiger partial charge on any atom is 0.322 e. The lowest BCUT2D eigenvalue weighted by Crippen LogP contribution is -2.51. The number of nitrogens with zero attached hydrogens (tertiary/aromatic N) is 2. The first kappa shape index (κ1) is 16.1. The molecule has 1 aliphatic heterocycles. The fourth-order valence-electron chi connectivity index (χ4n) is 3.36. The lowest BCUT2D eigenvalue weighted by molar-refractivity contribution is -0.0894. The number of aryl methyl sites for hydroxylation is 1. The molecule has 0 radical (unpaired) electrons. The Morgan fingerprint density at radius 3 is 2.80 bits per heavy atom. The van der Waals surface area contributed by atoms with Crippen molar-refractivity contribution in [3.63, 3.8) is 0 Å². The van der Waals surface area contributed by atoms with Gasteiger partial charge in [-0.15, -0.1) is 0 Å². The number of anilines is 1. The summed E-state index contributed by atoms with van der Waals surface area (Å²) in [7, 11) is 0. The van der Waals surface area contributed by atoms with E-state index in [1.807, 2.05) is 44.2 Å². The molecule has 1 N–H and O–H groups in total. The fourth-order valence-corrected chi connectivity index (χ4v) is 3.36. The van der Waals surface area contributed by atoms with Crippen molar-refractivity contribution in [2.75, 3.05) is 25.0 Å². The van der Waals surface area contributed by atoms with Gasteiger partial charge in [0.15, 0.2) is 5.76 Å². The predicted molar refractivity (Wildman–Crippen MR) is 93.6 cm³/mol. The molecule has 1 aromatic heterocycles. The summed E-state index contributed by atoms with van der Waals surface area (Å²) < 4.78 is 11.4. The Balaban J connectivity index is 1.50. The predicted octanol–water partition coefficient (Wildman–Crippen LogP) is 3.64. The van der Waals surface area contributed by atoms with E-state index in [9.17, 15) is 4.79 Å². The Bertz CT molecular complexity index is 769. The van der Waals surface area contributed by atoms with Crippen molar-refractivity contribution in [2.45, 2.75) is 38.2 Å². The number of morpholine rings is 1. The molecule has 1 saturated carbocycles. The summed E-state index contributed by atoms with van der Waals surface area (Å²) in [6, 6.07) is 9.91. The molecule has 1 aromatic carbocycles. The molecule has 2 aromatic rings. The second-order valence-corrected chi connectivity index (χ2v) is 7.08. The summed E-state index contributed by atoms with van der Waals surface area (Å²) in [6.45, 7) is 5.47. The smallest absolute Gasteiger partial charge is 0.322 e. The third-order valence-electron chi connectivity index (χ3n) is 5.02. The molecule has 132 valence electrons. The van der Waals surface area contributed by atoms with Crippen LogP contribution in [0.4, 0.5) is 10.5 Å². The molecule has 4 rings (SSSR count). The van der Waals surface area contributed by atoms with Gasteiger partial charge in [-0.1, -0.05) is 35.5 Å². The summed E-state index contributed by atoms with van der Waals surface area (Å²) in [6.07, 6.45) is 2.20. The van der Waals surface area contributed by atoms with E-state index in [-0.39, 0.29) is 6.03 Å². The quantitative estimate of drug-likeness (QED) is 0.925. The maximum absolute atomic E-state index is 12.8. The molecule has 1 aliphatic carbocycles. The van der Waals surface area contributed by atoms with E-state index in [1.165, 1.54) is 0 Å². The van der Waals surface area contributed by atoms with Crippen LogP contribution in [0, 0.1) is 6.92 Å². The molecule has 6 nitrogen and oxygen atoms in total. The summed E-state index contributed by atoms with van der Waals surface area (Å²) in [5, 5.41) is 7.03. The molecular weight excluding hydrogens is 318 g/mol. The molecule has 2 heterocycles. The van der Waals surface area contributed by atoms with Crippen molar-refractivity contribution in [3.05, 3.63) is 47.3 Å². The van der Waals surface area contributed by atoms with Crippen LogP contribution in [0.1, 0.15) is 42.7 Å². The highest BCUT2D eigenvalue weighted by Crippen LogP contribution is 2.44. The first-order valence-corrected chi connectivity index (χ1v) is 8.78. The fraction of sp³-hybridized carbons (Fsp3) is 0.474. The average molecular weight is 341 g/mol. The SMILES string of the molecule is Cc1noc(C2CC2)c1NC(=O)N1CCO[C@@](C)(c2ccccc2)C1. The van der Waals surface area contributed by atoms with Gasteiger partial charge in [-0.2, -0.15) is 0 Å². The van der Waals surface area contributed by atoms with Crippen LogP contribution in [0.25, 0.3) is 0 Å². The number of hydrogen-bond donors (Lipinski definition) is 1. The van der Waals surface area contributed by atoms with E-state index in [4.69, 9.17) is 9.26 Å². The summed E-state index contributed by atoms with van der Waals surface area (Å²) in [5.74, 6) is 1.21. The number of hydrogen-bond acceptors (Lipinski definition) is 4. The van der Waals surface area contributed by atoms with Gasteiger partial charge in [0.05, 0.1) is 13.2 Å². The third kappa shape index (κ3) is 3.14. The second kappa shape index (κ2) is 6.19. The Hall–Kier alpha value is -2.34. The number of benzene rings is 1. The van der Waals surface area contributed by atoms with E-state index in [1.54, 1.807) is 4.90 Å². The van der Waals surface area contributed by atoms with E-state index in [0.29, 0.717) is 25.6 Å². The van der Waals surface area contributed by atoms with Crippen LogP contribution < -0.4 is 5.32 Å². The molecule has 1 saturated heterocycles. The maximum atomic E-state index is 12.8. The van der Waals surface area contributed by atoms with Crippen molar-refractivity contribution in [1.29, 1.82) is 0 Å². The molecule has 6 heteroatoms. The number of nitrogens with one attached hydrogen (secondary N) is 1. The van der Waals surface area contributed by atoms with Crippen molar-refractivity contribution >= 4 is 11.7 Å². The number of aromatic nitrogens is 1. The highest BCUT2D eigenvalue weighted by atomic mass is 16.5. The topological polar surface area (TPSA) is 67.6 Å². The monoisotopic (exact) mass is 341 g/mol. The number of ether oxygens (including phenoxy) is 1. The third-order valence-corrected chi connectivity index (χ3v) is 5.02. The molecule has 2 fully saturated rings. The van der Waals surface area contributed by atoms with Gasteiger partial charge >= 0.3 is 6.03 Å². The zero-order chi connectivity index (χ0) is 17.4. The lowest BCUT2D eigenvalue weighted by Gasteiger charge is -2.40. The molecule has 1 atom stereocenters. The highest BCUT2D eigenvalue weighted by molar-refractivity contribution is 5.90. The Morgan fingerprint density at radius 1 is 1.32 bits per heavy atom. The Labute approximate surface area is 147 Å². The average Bonchev–Trinajstić information content (AvgIpc) is 3.41. The first-order valence-electron chi connectivity index (χ1n) is 8.78. The molecule has 0 bridgehead atoms. The number of rotatable bonds is 3. The summed E-state index contributed by atoms with van der Waals surface area (Å²) in [4.78, 5) is 14.6. The van der Waals surface area contributed by atoms with Crippen molar-refractivity contribution < 1.29 is 14.1 Å². The zero-order valence-corrected chi connectivity index (χ0v) is 14.6. The van der Waals surface area contributed by atoms with Gasteiger partial charge in [0, 0.05) is 12.5 Å². The van der Waals surface area contributed by atoms with Crippen LogP contribution in [-0.2, 0) is 10.3 Å². The van der Waals surface area contributed by atoms with Gasteiger partial charge in [0.1, 0.15) is 17.0 Å². The minimum atomic E-state index is -0.500. The molecule has 0 spiro atoms. The van der Waals surface area contributed by atoms with E-state index in [2.05, 4.69) is 10.5 Å². The van der Waals surface area contributed by atoms with Crippen LogP contribution in [0.2, 0.25) is 0 Å². The van der Waals surface area contributed by atoms with E-state index >= 15 is 0 Å².